The van der Waals surface area contributed by atoms with Crippen LogP contribution in [0.2, 0.25) is 5.02 Å². The Morgan fingerprint density at radius 2 is 2.06 bits per heavy atom. The number of benzene rings is 1. The minimum Gasteiger partial charge on any atom is -0.481 e. The number of aliphatic carboxylic acids is 1. The van der Waals surface area contributed by atoms with Gasteiger partial charge in [0.05, 0.1) is 5.92 Å². The Kier molecular flexibility index (Phi) is 5.16. The summed E-state index contributed by atoms with van der Waals surface area (Å²) >= 11 is 5.82. The Bertz CT molecular complexity index is 446. The van der Waals surface area contributed by atoms with Crippen LogP contribution in [0.3, 0.4) is 0 Å². The Hall–Kier alpha value is -1.55. The highest BCUT2D eigenvalue weighted by atomic mass is 35.5. The number of amides is 1. The first kappa shape index (κ1) is 14.5. The normalized spacial score (nSPS) is 12.2. The second-order valence-corrected chi connectivity index (χ2v) is 4.81. The van der Waals surface area contributed by atoms with Gasteiger partial charge in [-0.25, -0.2) is 0 Å². The number of halogens is 1. The lowest BCUT2D eigenvalue weighted by atomic mass is 9.95. The summed E-state index contributed by atoms with van der Waals surface area (Å²) in [5.41, 5.74) is 0.536. The number of carboxylic acid groups (broad SMARTS) is 1. The monoisotopic (exact) mass is 269 g/mol. The van der Waals surface area contributed by atoms with E-state index >= 15 is 0 Å². The first-order valence-corrected chi connectivity index (χ1v) is 6.05. The summed E-state index contributed by atoms with van der Waals surface area (Å²) in [5.74, 6) is -2.18. The maximum atomic E-state index is 11.6. The Morgan fingerprint density at radius 3 is 2.56 bits per heavy atom. The fraction of sp³-hybridized carbons (Fsp3) is 0.385. The molecule has 0 aromatic heterocycles. The minimum absolute atomic E-state index is 0.00805. The van der Waals surface area contributed by atoms with E-state index in [1.807, 2.05) is 13.8 Å². The third-order valence-electron chi connectivity index (χ3n) is 2.39. The molecule has 1 atom stereocenters. The third kappa shape index (κ3) is 4.37. The number of carboxylic acids is 1. The first-order chi connectivity index (χ1) is 8.40. The molecule has 18 heavy (non-hydrogen) atoms. The van der Waals surface area contributed by atoms with Gasteiger partial charge in [-0.1, -0.05) is 23.7 Å². The molecule has 0 heterocycles. The molecule has 0 fully saturated rings. The van der Waals surface area contributed by atoms with Gasteiger partial charge in [-0.05, 0) is 31.5 Å². The van der Waals surface area contributed by atoms with Crippen molar-refractivity contribution in [1.29, 1.82) is 0 Å². The molecular formula is C13H16ClNO3. The Morgan fingerprint density at radius 1 is 1.39 bits per heavy atom. The van der Waals surface area contributed by atoms with Crippen molar-refractivity contribution in [2.75, 3.05) is 0 Å². The van der Waals surface area contributed by atoms with Crippen molar-refractivity contribution in [3.05, 3.63) is 34.9 Å². The summed E-state index contributed by atoms with van der Waals surface area (Å²) in [6.45, 7) is 3.65. The van der Waals surface area contributed by atoms with Crippen LogP contribution >= 0.6 is 11.6 Å². The maximum absolute atomic E-state index is 11.6. The van der Waals surface area contributed by atoms with Gasteiger partial charge >= 0.3 is 5.97 Å². The minimum atomic E-state index is -1.03. The van der Waals surface area contributed by atoms with E-state index in [1.165, 1.54) is 0 Å². The van der Waals surface area contributed by atoms with Crippen molar-refractivity contribution in [3.8, 4) is 0 Å². The van der Waals surface area contributed by atoms with Crippen molar-refractivity contribution in [3.63, 3.8) is 0 Å². The maximum Gasteiger partial charge on any atom is 0.311 e. The van der Waals surface area contributed by atoms with Crippen LogP contribution in [0.25, 0.3) is 0 Å². The standard InChI is InChI=1S/C13H16ClNO3/c1-8(2)15-12(16)7-11(13(17)18)9-4-3-5-10(14)6-9/h3-6,8,11H,7H2,1-2H3,(H,15,16)(H,17,18). The third-order valence-corrected chi connectivity index (χ3v) is 2.62. The second kappa shape index (κ2) is 6.40. The molecule has 0 saturated heterocycles. The lowest BCUT2D eigenvalue weighted by molar-refractivity contribution is -0.140. The summed E-state index contributed by atoms with van der Waals surface area (Å²) < 4.78 is 0. The zero-order valence-electron chi connectivity index (χ0n) is 10.3. The van der Waals surface area contributed by atoms with E-state index < -0.39 is 11.9 Å². The van der Waals surface area contributed by atoms with Crippen molar-refractivity contribution in [2.24, 2.45) is 0 Å². The number of rotatable bonds is 5. The van der Waals surface area contributed by atoms with Gasteiger partial charge in [-0.2, -0.15) is 0 Å². The lowest BCUT2D eigenvalue weighted by Gasteiger charge is -2.14. The van der Waals surface area contributed by atoms with Gasteiger partial charge < -0.3 is 10.4 Å². The first-order valence-electron chi connectivity index (χ1n) is 5.67. The number of carbonyl (C=O) groups is 2. The lowest BCUT2D eigenvalue weighted by Crippen LogP contribution is -2.32. The summed E-state index contributed by atoms with van der Waals surface area (Å²) in [6, 6.07) is 6.56. The molecule has 1 amide bonds. The van der Waals surface area contributed by atoms with Crippen LogP contribution in [0.4, 0.5) is 0 Å². The van der Waals surface area contributed by atoms with Gasteiger partial charge in [0.1, 0.15) is 0 Å². The largest absolute Gasteiger partial charge is 0.481 e. The molecule has 1 rings (SSSR count). The number of hydrogen-bond acceptors (Lipinski definition) is 2. The van der Waals surface area contributed by atoms with Gasteiger partial charge in [-0.3, -0.25) is 9.59 Å². The average molecular weight is 270 g/mol. The van der Waals surface area contributed by atoms with Crippen LogP contribution in [0.15, 0.2) is 24.3 Å². The second-order valence-electron chi connectivity index (χ2n) is 4.37. The highest BCUT2D eigenvalue weighted by Gasteiger charge is 2.23. The molecule has 0 aliphatic carbocycles. The predicted octanol–water partition coefficient (Wildman–Crippen LogP) is 2.42. The van der Waals surface area contributed by atoms with E-state index in [0.29, 0.717) is 10.6 Å². The molecule has 4 nitrogen and oxygen atoms in total. The summed E-state index contributed by atoms with van der Waals surface area (Å²) in [5, 5.41) is 12.3. The number of nitrogens with one attached hydrogen (secondary N) is 1. The Labute approximate surface area is 111 Å². The van der Waals surface area contributed by atoms with Crippen LogP contribution in [-0.2, 0) is 9.59 Å². The molecule has 98 valence electrons. The molecule has 0 spiro atoms. The van der Waals surface area contributed by atoms with Crippen molar-refractivity contribution in [2.45, 2.75) is 32.2 Å². The van der Waals surface area contributed by atoms with E-state index in [4.69, 9.17) is 11.6 Å². The van der Waals surface area contributed by atoms with Gasteiger partial charge in [0.25, 0.3) is 0 Å². The number of carbonyl (C=O) groups excluding carboxylic acids is 1. The quantitative estimate of drug-likeness (QED) is 0.863. The molecule has 2 N–H and O–H groups in total. The molecule has 1 unspecified atom stereocenters. The smallest absolute Gasteiger partial charge is 0.311 e. The van der Waals surface area contributed by atoms with E-state index in [9.17, 15) is 14.7 Å². The van der Waals surface area contributed by atoms with Crippen LogP contribution < -0.4 is 5.32 Å². The van der Waals surface area contributed by atoms with Crippen LogP contribution in [0.1, 0.15) is 31.7 Å². The molecule has 1 aromatic rings. The van der Waals surface area contributed by atoms with Crippen LogP contribution in [-0.4, -0.2) is 23.0 Å². The molecule has 0 saturated carbocycles. The zero-order valence-corrected chi connectivity index (χ0v) is 11.1. The zero-order chi connectivity index (χ0) is 13.7. The average Bonchev–Trinajstić information content (AvgIpc) is 2.24. The van der Waals surface area contributed by atoms with Crippen LogP contribution in [0.5, 0.6) is 0 Å². The molecule has 0 aliphatic rings. The molecular weight excluding hydrogens is 254 g/mol. The van der Waals surface area contributed by atoms with Gasteiger partial charge in [0, 0.05) is 17.5 Å². The van der Waals surface area contributed by atoms with E-state index in [-0.39, 0.29) is 18.4 Å². The van der Waals surface area contributed by atoms with Gasteiger partial charge in [0.15, 0.2) is 0 Å². The van der Waals surface area contributed by atoms with Crippen molar-refractivity contribution in [1.82, 2.24) is 5.32 Å². The Balaban J connectivity index is 2.84. The van der Waals surface area contributed by atoms with Gasteiger partial charge in [-0.15, -0.1) is 0 Å². The number of hydrogen-bond donors (Lipinski definition) is 2. The summed E-state index contributed by atoms with van der Waals surface area (Å²) in [4.78, 5) is 22.8. The van der Waals surface area contributed by atoms with E-state index in [1.54, 1.807) is 24.3 Å². The highest BCUT2D eigenvalue weighted by Crippen LogP contribution is 2.23. The van der Waals surface area contributed by atoms with E-state index in [2.05, 4.69) is 5.32 Å². The molecule has 0 bridgehead atoms. The topological polar surface area (TPSA) is 66.4 Å². The molecule has 0 radical (unpaired) electrons. The highest BCUT2D eigenvalue weighted by molar-refractivity contribution is 6.30. The van der Waals surface area contributed by atoms with Crippen molar-refractivity contribution >= 4 is 23.5 Å². The van der Waals surface area contributed by atoms with Gasteiger partial charge in [0.2, 0.25) is 5.91 Å². The van der Waals surface area contributed by atoms with Crippen molar-refractivity contribution < 1.29 is 14.7 Å². The molecule has 0 aliphatic heterocycles. The SMILES string of the molecule is CC(C)NC(=O)CC(C(=O)O)c1cccc(Cl)c1. The summed E-state index contributed by atoms with van der Waals surface area (Å²) in [6.07, 6.45) is -0.0894. The molecule has 5 heteroatoms. The fourth-order valence-corrected chi connectivity index (χ4v) is 1.84. The predicted molar refractivity (Wildman–Crippen MR) is 69.7 cm³/mol. The molecule has 1 aromatic carbocycles. The van der Waals surface area contributed by atoms with Crippen LogP contribution in [0, 0.1) is 0 Å². The fourth-order valence-electron chi connectivity index (χ4n) is 1.64. The van der Waals surface area contributed by atoms with E-state index in [0.717, 1.165) is 0 Å². The summed E-state index contributed by atoms with van der Waals surface area (Å²) in [7, 11) is 0.